The highest BCUT2D eigenvalue weighted by Gasteiger charge is 2.14. The Morgan fingerprint density at radius 3 is 2.00 bits per heavy atom. The number of hydrogen-bond acceptors (Lipinski definition) is 7. The van der Waals surface area contributed by atoms with Gasteiger partial charge in [-0.1, -0.05) is 54.6 Å². The van der Waals surface area contributed by atoms with Crippen LogP contribution in [0, 0.1) is 0 Å². The molecule has 3 aromatic rings. The molecule has 0 fully saturated rings. The zero-order valence-electron chi connectivity index (χ0n) is 24.8. The van der Waals surface area contributed by atoms with Crippen LogP contribution in [0.4, 0.5) is 0 Å². The van der Waals surface area contributed by atoms with Gasteiger partial charge in [0.1, 0.15) is 5.70 Å². The Balaban J connectivity index is 0.000000322. The van der Waals surface area contributed by atoms with E-state index in [0.717, 1.165) is 23.3 Å². The van der Waals surface area contributed by atoms with Crippen molar-refractivity contribution in [2.75, 3.05) is 27.3 Å². The minimum Gasteiger partial charge on any atom is -0.493 e. The highest BCUT2D eigenvalue weighted by molar-refractivity contribution is 6.05. The predicted octanol–water partition coefficient (Wildman–Crippen LogP) is 3.05. The Kier molecular flexibility index (Phi) is 15.1. The second-order valence-electron chi connectivity index (χ2n) is 9.09. The third-order valence-corrected chi connectivity index (χ3v) is 5.80. The van der Waals surface area contributed by atoms with Gasteiger partial charge in [0, 0.05) is 30.8 Å². The van der Waals surface area contributed by atoms with Crippen molar-refractivity contribution in [3.63, 3.8) is 0 Å². The number of carboxylic acid groups (broad SMARTS) is 2. The lowest BCUT2D eigenvalue weighted by Gasteiger charge is -2.11. The van der Waals surface area contributed by atoms with Gasteiger partial charge >= 0.3 is 11.9 Å². The van der Waals surface area contributed by atoms with Crippen LogP contribution in [0.25, 0.3) is 6.08 Å². The van der Waals surface area contributed by atoms with Crippen molar-refractivity contribution >= 4 is 35.7 Å². The van der Waals surface area contributed by atoms with E-state index in [4.69, 9.17) is 19.7 Å². The molecule has 12 heteroatoms. The molecule has 0 radical (unpaired) electrons. The van der Waals surface area contributed by atoms with Gasteiger partial charge in [0.05, 0.1) is 20.6 Å². The molecule has 0 spiro atoms. The van der Waals surface area contributed by atoms with Crippen LogP contribution in [0.2, 0.25) is 0 Å². The van der Waals surface area contributed by atoms with Crippen LogP contribution in [0.3, 0.4) is 0 Å². The lowest BCUT2D eigenvalue weighted by molar-refractivity contribution is -0.137. The molecule has 0 unspecified atom stereocenters. The number of nitrogens with one attached hydrogen (secondary N) is 3. The maximum Gasteiger partial charge on any atom is 0.328 e. The summed E-state index contributed by atoms with van der Waals surface area (Å²) in [6, 6.07) is 23.1. The molecule has 0 saturated heterocycles. The molecule has 12 nitrogen and oxygen atoms in total. The Morgan fingerprint density at radius 1 is 0.756 bits per heavy atom. The summed E-state index contributed by atoms with van der Waals surface area (Å²) in [5.74, 6) is -2.30. The van der Waals surface area contributed by atoms with Gasteiger partial charge in [-0.2, -0.15) is 0 Å². The highest BCUT2D eigenvalue weighted by Crippen LogP contribution is 2.27. The first kappa shape index (κ1) is 35.3. The first-order chi connectivity index (χ1) is 21.6. The van der Waals surface area contributed by atoms with Crippen molar-refractivity contribution in [1.82, 2.24) is 16.0 Å². The molecule has 3 aromatic carbocycles. The first-order valence-corrected chi connectivity index (χ1v) is 13.7. The number of carbonyl (C=O) groups is 5. The smallest absolute Gasteiger partial charge is 0.328 e. The zero-order chi connectivity index (χ0) is 33.0. The monoisotopic (exact) mass is 617 g/mol. The van der Waals surface area contributed by atoms with Crippen molar-refractivity contribution in [2.45, 2.75) is 12.8 Å². The highest BCUT2D eigenvalue weighted by atomic mass is 16.5. The number of amides is 3. The number of benzene rings is 3. The Morgan fingerprint density at radius 2 is 1.40 bits per heavy atom. The molecule has 0 aliphatic heterocycles. The number of carboxylic acids is 2. The van der Waals surface area contributed by atoms with E-state index >= 15 is 0 Å². The fraction of sp³-hybridized carbons (Fsp3) is 0.182. The number of ether oxygens (including phenoxy) is 2. The van der Waals surface area contributed by atoms with Gasteiger partial charge in [-0.25, -0.2) is 4.79 Å². The average molecular weight is 618 g/mol. The summed E-state index contributed by atoms with van der Waals surface area (Å²) in [6.45, 7) is 0.375. The van der Waals surface area contributed by atoms with Gasteiger partial charge in [-0.3, -0.25) is 19.2 Å². The average Bonchev–Trinajstić information content (AvgIpc) is 3.04. The summed E-state index contributed by atoms with van der Waals surface area (Å²) in [5.41, 5.74) is 2.18. The summed E-state index contributed by atoms with van der Waals surface area (Å²) < 4.78 is 10.3. The Labute approximate surface area is 260 Å². The Hall–Kier alpha value is -5.91. The standard InChI is InChI=1S/C19H18N2O4.C14H17NO5/c22-17(23)11-12-20-19(25)16(13-14-7-3-1-4-8-14)21-18(24)15-9-5-2-6-10-15;1-19-11-4-3-10(9-12(11)20-2)7-8-15-13(16)5-6-14(17)18/h1-10,13H,11-12H2,(H,20,25)(H,21,24)(H,22,23);3-6,9H,7-8H2,1-2H3,(H,15,16)(H,17,18). The van der Waals surface area contributed by atoms with Crippen molar-refractivity contribution in [1.29, 1.82) is 0 Å². The van der Waals surface area contributed by atoms with Gasteiger partial charge in [0.2, 0.25) is 5.91 Å². The van der Waals surface area contributed by atoms with Gasteiger partial charge in [-0.15, -0.1) is 0 Å². The number of methoxy groups -OCH3 is 2. The van der Waals surface area contributed by atoms with Gasteiger partial charge in [0.15, 0.2) is 11.5 Å². The molecule has 236 valence electrons. The van der Waals surface area contributed by atoms with Crippen molar-refractivity contribution in [3.8, 4) is 11.5 Å². The molecule has 0 bridgehead atoms. The normalized spacial score (nSPS) is 10.6. The van der Waals surface area contributed by atoms with E-state index in [1.807, 2.05) is 30.3 Å². The zero-order valence-corrected chi connectivity index (χ0v) is 24.8. The van der Waals surface area contributed by atoms with E-state index in [9.17, 15) is 24.0 Å². The number of carbonyl (C=O) groups excluding carboxylic acids is 3. The molecule has 5 N–H and O–H groups in total. The quantitative estimate of drug-likeness (QED) is 0.170. The van der Waals surface area contributed by atoms with Crippen LogP contribution in [-0.2, 0) is 25.6 Å². The fourth-order valence-electron chi connectivity index (χ4n) is 3.61. The molecule has 0 aromatic heterocycles. The Bertz CT molecular complexity index is 1500. The van der Waals surface area contributed by atoms with Gasteiger partial charge < -0.3 is 35.6 Å². The molecule has 0 heterocycles. The second kappa shape index (κ2) is 19.3. The third-order valence-electron chi connectivity index (χ3n) is 5.80. The van der Waals surface area contributed by atoms with Crippen LogP contribution in [0.1, 0.15) is 27.9 Å². The van der Waals surface area contributed by atoms with E-state index in [1.165, 1.54) is 6.08 Å². The molecule has 0 aliphatic rings. The molecule has 0 saturated carbocycles. The van der Waals surface area contributed by atoms with E-state index in [2.05, 4.69) is 16.0 Å². The topological polar surface area (TPSA) is 180 Å². The van der Waals surface area contributed by atoms with Gasteiger partial charge in [-0.05, 0) is 47.9 Å². The second-order valence-corrected chi connectivity index (χ2v) is 9.09. The number of rotatable bonds is 14. The summed E-state index contributed by atoms with van der Waals surface area (Å²) in [7, 11) is 3.12. The van der Waals surface area contributed by atoms with Crippen molar-refractivity contribution in [3.05, 3.63) is 113 Å². The van der Waals surface area contributed by atoms with Crippen LogP contribution < -0.4 is 25.4 Å². The first-order valence-electron chi connectivity index (χ1n) is 13.7. The molecule has 45 heavy (non-hydrogen) atoms. The van der Waals surface area contributed by atoms with Gasteiger partial charge in [0.25, 0.3) is 11.8 Å². The lowest BCUT2D eigenvalue weighted by atomic mass is 10.1. The molecule has 0 atom stereocenters. The molecule has 3 rings (SSSR count). The van der Waals surface area contributed by atoms with E-state index in [1.54, 1.807) is 62.8 Å². The maximum absolute atomic E-state index is 12.3. The van der Waals surface area contributed by atoms with Crippen LogP contribution in [-0.4, -0.2) is 67.2 Å². The van der Waals surface area contributed by atoms with Crippen LogP contribution in [0.15, 0.2) is 96.7 Å². The number of hydrogen-bond donors (Lipinski definition) is 5. The van der Waals surface area contributed by atoms with E-state index in [0.29, 0.717) is 30.0 Å². The molecular formula is C33H35N3O9. The van der Waals surface area contributed by atoms with Crippen molar-refractivity contribution in [2.24, 2.45) is 0 Å². The summed E-state index contributed by atoms with van der Waals surface area (Å²) >= 11 is 0. The van der Waals surface area contributed by atoms with E-state index in [-0.39, 0.29) is 18.7 Å². The fourth-order valence-corrected chi connectivity index (χ4v) is 3.61. The summed E-state index contributed by atoms with van der Waals surface area (Å²) in [4.78, 5) is 56.7. The van der Waals surface area contributed by atoms with Crippen LogP contribution >= 0.6 is 0 Å². The summed E-state index contributed by atoms with van der Waals surface area (Å²) in [6.07, 6.45) is 3.73. The van der Waals surface area contributed by atoms with Crippen molar-refractivity contribution < 1.29 is 43.7 Å². The molecule has 3 amide bonds. The minimum atomic E-state index is -1.15. The maximum atomic E-state index is 12.3. The largest absolute Gasteiger partial charge is 0.493 e. The molecule has 0 aliphatic carbocycles. The third kappa shape index (κ3) is 13.7. The van der Waals surface area contributed by atoms with E-state index < -0.39 is 29.7 Å². The lowest BCUT2D eigenvalue weighted by Crippen LogP contribution is -2.35. The summed E-state index contributed by atoms with van der Waals surface area (Å²) in [5, 5.41) is 24.7. The predicted molar refractivity (Wildman–Crippen MR) is 167 cm³/mol. The number of aliphatic carboxylic acids is 2. The minimum absolute atomic E-state index is 0.0263. The SMILES string of the molecule is COc1ccc(CCNC(=O)C=CC(=O)O)cc1OC.O=C(O)CCNC(=O)C(=Cc1ccccc1)NC(=O)c1ccccc1. The molecular weight excluding hydrogens is 582 g/mol. The van der Waals surface area contributed by atoms with Crippen LogP contribution in [0.5, 0.6) is 11.5 Å².